The standard InChI is InChI=1S/C31H27N3O6/c1-3-24(30(36)33-29-23(31(37)38-4-2)19-32-34(29)21-15-9-6-10-16-21)39-28-26(35)22-17-11-12-18-25(22)40-27(28)20-13-7-5-8-14-20/h5-19,24H,3-4H2,1-2H3,(H,33,36). The maximum atomic E-state index is 13.6. The molecule has 2 heterocycles. The van der Waals surface area contributed by atoms with Crippen molar-refractivity contribution in [2.24, 2.45) is 0 Å². The Morgan fingerprint density at radius 3 is 2.33 bits per heavy atom. The van der Waals surface area contributed by atoms with E-state index in [1.165, 1.54) is 10.9 Å². The second-order valence-electron chi connectivity index (χ2n) is 8.83. The average molecular weight is 538 g/mol. The topological polar surface area (TPSA) is 113 Å². The van der Waals surface area contributed by atoms with E-state index in [-0.39, 0.29) is 35.9 Å². The summed E-state index contributed by atoms with van der Waals surface area (Å²) in [5, 5.41) is 7.43. The zero-order valence-corrected chi connectivity index (χ0v) is 22.0. The molecule has 0 saturated heterocycles. The van der Waals surface area contributed by atoms with Gasteiger partial charge in [0.2, 0.25) is 11.2 Å². The number of hydrogen-bond donors (Lipinski definition) is 1. The van der Waals surface area contributed by atoms with Crippen LogP contribution in [0.2, 0.25) is 0 Å². The van der Waals surface area contributed by atoms with Crippen LogP contribution in [0.5, 0.6) is 5.75 Å². The molecule has 3 aromatic carbocycles. The van der Waals surface area contributed by atoms with Gasteiger partial charge < -0.3 is 19.2 Å². The molecule has 1 unspecified atom stereocenters. The third-order valence-electron chi connectivity index (χ3n) is 6.22. The normalized spacial score (nSPS) is 11.7. The number of aromatic nitrogens is 2. The van der Waals surface area contributed by atoms with Crippen LogP contribution in [0.25, 0.3) is 28.0 Å². The fourth-order valence-electron chi connectivity index (χ4n) is 4.27. The number of nitrogens with one attached hydrogen (secondary N) is 1. The minimum Gasteiger partial charge on any atom is -0.473 e. The summed E-state index contributed by atoms with van der Waals surface area (Å²) in [6.45, 7) is 3.61. The average Bonchev–Trinajstić information content (AvgIpc) is 3.41. The van der Waals surface area contributed by atoms with E-state index in [9.17, 15) is 14.4 Å². The van der Waals surface area contributed by atoms with E-state index < -0.39 is 23.4 Å². The number of carbonyl (C=O) groups excluding carboxylic acids is 2. The number of para-hydroxylation sites is 2. The predicted octanol–water partition coefficient (Wildman–Crippen LogP) is 5.62. The molecule has 0 fully saturated rings. The Kier molecular flexibility index (Phi) is 7.72. The Morgan fingerprint density at radius 2 is 1.62 bits per heavy atom. The smallest absolute Gasteiger partial charge is 0.343 e. The number of benzene rings is 3. The summed E-state index contributed by atoms with van der Waals surface area (Å²) >= 11 is 0. The summed E-state index contributed by atoms with van der Waals surface area (Å²) in [6, 6.07) is 25.0. The molecule has 40 heavy (non-hydrogen) atoms. The highest BCUT2D eigenvalue weighted by atomic mass is 16.5. The lowest BCUT2D eigenvalue weighted by molar-refractivity contribution is -0.122. The van der Waals surface area contributed by atoms with Gasteiger partial charge >= 0.3 is 5.97 Å². The molecular formula is C31H27N3O6. The van der Waals surface area contributed by atoms with Gasteiger partial charge in [-0.2, -0.15) is 5.10 Å². The minimum absolute atomic E-state index is 0.0749. The number of carbonyl (C=O) groups is 2. The highest BCUT2D eigenvalue weighted by Crippen LogP contribution is 2.32. The van der Waals surface area contributed by atoms with Crippen LogP contribution in [0.15, 0.2) is 100 Å². The molecule has 0 aliphatic heterocycles. The molecule has 0 bridgehead atoms. The number of rotatable bonds is 9. The van der Waals surface area contributed by atoms with Crippen molar-refractivity contribution < 1.29 is 23.5 Å². The van der Waals surface area contributed by atoms with Crippen LogP contribution >= 0.6 is 0 Å². The zero-order valence-electron chi connectivity index (χ0n) is 22.0. The molecule has 5 rings (SSSR count). The van der Waals surface area contributed by atoms with Crippen molar-refractivity contribution in [3.63, 3.8) is 0 Å². The number of hydrogen-bond acceptors (Lipinski definition) is 7. The van der Waals surface area contributed by atoms with Gasteiger partial charge in [-0.05, 0) is 37.6 Å². The van der Waals surface area contributed by atoms with Crippen molar-refractivity contribution in [1.29, 1.82) is 0 Å². The molecular weight excluding hydrogens is 510 g/mol. The largest absolute Gasteiger partial charge is 0.473 e. The van der Waals surface area contributed by atoms with Gasteiger partial charge in [-0.1, -0.05) is 67.6 Å². The van der Waals surface area contributed by atoms with E-state index in [2.05, 4.69) is 10.4 Å². The Balaban J connectivity index is 1.53. The van der Waals surface area contributed by atoms with Crippen LogP contribution in [0.4, 0.5) is 5.82 Å². The SMILES string of the molecule is CCOC(=O)c1cnn(-c2ccccc2)c1NC(=O)C(CC)Oc1c(-c2ccccc2)oc2ccccc2c1=O. The molecule has 9 nitrogen and oxygen atoms in total. The third-order valence-corrected chi connectivity index (χ3v) is 6.22. The van der Waals surface area contributed by atoms with E-state index in [4.69, 9.17) is 13.9 Å². The van der Waals surface area contributed by atoms with E-state index in [0.717, 1.165) is 0 Å². The number of nitrogens with zero attached hydrogens (tertiary/aromatic N) is 2. The van der Waals surface area contributed by atoms with Gasteiger partial charge in [0.15, 0.2) is 17.7 Å². The molecule has 0 radical (unpaired) electrons. The number of fused-ring (bicyclic) bond motifs is 1. The Bertz CT molecular complexity index is 1710. The first-order chi connectivity index (χ1) is 19.5. The van der Waals surface area contributed by atoms with Crippen LogP contribution in [0.3, 0.4) is 0 Å². The van der Waals surface area contributed by atoms with E-state index in [1.54, 1.807) is 62.4 Å². The Morgan fingerprint density at radius 1 is 0.950 bits per heavy atom. The lowest BCUT2D eigenvalue weighted by atomic mass is 10.1. The van der Waals surface area contributed by atoms with Gasteiger partial charge in [0.05, 0.1) is 23.9 Å². The fraction of sp³-hybridized carbons (Fsp3) is 0.161. The van der Waals surface area contributed by atoms with Crippen molar-refractivity contribution >= 4 is 28.7 Å². The van der Waals surface area contributed by atoms with Crippen molar-refractivity contribution in [3.8, 4) is 22.8 Å². The zero-order chi connectivity index (χ0) is 28.1. The highest BCUT2D eigenvalue weighted by Gasteiger charge is 2.28. The van der Waals surface area contributed by atoms with Crippen LogP contribution in [0, 0.1) is 0 Å². The molecule has 1 amide bonds. The summed E-state index contributed by atoms with van der Waals surface area (Å²) in [5.41, 5.74) is 1.35. The van der Waals surface area contributed by atoms with Gasteiger partial charge in [0.1, 0.15) is 11.1 Å². The molecule has 1 N–H and O–H groups in total. The predicted molar refractivity (Wildman–Crippen MR) is 151 cm³/mol. The van der Waals surface area contributed by atoms with E-state index >= 15 is 0 Å². The van der Waals surface area contributed by atoms with Gasteiger partial charge in [-0.3, -0.25) is 9.59 Å². The molecule has 9 heteroatoms. The monoisotopic (exact) mass is 537 g/mol. The first-order valence-electron chi connectivity index (χ1n) is 12.9. The maximum absolute atomic E-state index is 13.6. The minimum atomic E-state index is -1.10. The van der Waals surface area contributed by atoms with Crippen molar-refractivity contribution in [2.75, 3.05) is 11.9 Å². The number of anilines is 1. The van der Waals surface area contributed by atoms with Crippen molar-refractivity contribution in [2.45, 2.75) is 26.4 Å². The highest BCUT2D eigenvalue weighted by molar-refractivity contribution is 6.02. The lowest BCUT2D eigenvalue weighted by Crippen LogP contribution is -2.35. The third kappa shape index (κ3) is 5.22. The summed E-state index contributed by atoms with van der Waals surface area (Å²) < 4.78 is 18.9. The number of ether oxygens (including phenoxy) is 2. The van der Waals surface area contributed by atoms with Gasteiger partial charge in [0, 0.05) is 5.56 Å². The first-order valence-corrected chi connectivity index (χ1v) is 12.9. The summed E-state index contributed by atoms with van der Waals surface area (Å²) in [7, 11) is 0. The summed E-state index contributed by atoms with van der Waals surface area (Å²) in [4.78, 5) is 39.9. The maximum Gasteiger partial charge on any atom is 0.343 e. The summed E-state index contributed by atoms with van der Waals surface area (Å²) in [6.07, 6.45) is 0.467. The van der Waals surface area contributed by atoms with E-state index in [0.29, 0.717) is 22.2 Å². The second-order valence-corrected chi connectivity index (χ2v) is 8.83. The lowest BCUT2D eigenvalue weighted by Gasteiger charge is -2.19. The van der Waals surface area contributed by atoms with Crippen molar-refractivity contribution in [1.82, 2.24) is 9.78 Å². The molecule has 1 atom stereocenters. The number of amides is 1. The van der Waals surface area contributed by atoms with Gasteiger partial charge in [0.25, 0.3) is 5.91 Å². The molecule has 0 saturated carbocycles. The van der Waals surface area contributed by atoms with Crippen LogP contribution in [-0.2, 0) is 9.53 Å². The van der Waals surface area contributed by atoms with Crippen LogP contribution in [-0.4, -0.2) is 34.4 Å². The van der Waals surface area contributed by atoms with E-state index in [1.807, 2.05) is 36.4 Å². The second kappa shape index (κ2) is 11.7. The van der Waals surface area contributed by atoms with Crippen LogP contribution in [0.1, 0.15) is 30.6 Å². The van der Waals surface area contributed by atoms with Gasteiger partial charge in [-0.15, -0.1) is 0 Å². The quantitative estimate of drug-likeness (QED) is 0.243. The van der Waals surface area contributed by atoms with Crippen molar-refractivity contribution in [3.05, 3.63) is 107 Å². The first kappa shape index (κ1) is 26.4. The Hall–Kier alpha value is -5.18. The molecule has 0 spiro atoms. The molecule has 5 aromatic rings. The molecule has 0 aliphatic rings. The molecule has 0 aliphatic carbocycles. The summed E-state index contributed by atoms with van der Waals surface area (Å²) in [5.74, 6) is -0.926. The van der Waals surface area contributed by atoms with Gasteiger partial charge in [-0.25, -0.2) is 9.48 Å². The van der Waals surface area contributed by atoms with Crippen LogP contribution < -0.4 is 15.5 Å². The molecule has 2 aromatic heterocycles. The fourth-order valence-corrected chi connectivity index (χ4v) is 4.27. The molecule has 202 valence electrons. The number of esters is 1. The Labute approximate surface area is 230 Å².